The van der Waals surface area contributed by atoms with E-state index in [0.717, 1.165) is 17.1 Å². The number of benzene rings is 2. The lowest BCUT2D eigenvalue weighted by molar-refractivity contribution is 0.0697. The van der Waals surface area contributed by atoms with E-state index in [1.165, 1.54) is 0 Å². The van der Waals surface area contributed by atoms with Crippen molar-refractivity contribution in [3.63, 3.8) is 0 Å². The van der Waals surface area contributed by atoms with Crippen LogP contribution >= 0.6 is 12.2 Å². The van der Waals surface area contributed by atoms with Crippen LogP contribution in [0.1, 0.15) is 15.9 Å². The van der Waals surface area contributed by atoms with Gasteiger partial charge in [0, 0.05) is 11.3 Å². The Hall–Kier alpha value is -2.73. The molecule has 0 radical (unpaired) electrons. The monoisotopic (exact) mass is 311 g/mol. The Morgan fingerprint density at radius 1 is 1.14 bits per heavy atom. The average molecular weight is 311 g/mol. The molecule has 22 heavy (non-hydrogen) atoms. The summed E-state index contributed by atoms with van der Waals surface area (Å²) in [6, 6.07) is 16.3. The highest BCUT2D eigenvalue weighted by molar-refractivity contribution is 7.80. The third kappa shape index (κ3) is 2.82. The van der Waals surface area contributed by atoms with E-state index >= 15 is 0 Å². The first-order chi connectivity index (χ1) is 10.6. The van der Waals surface area contributed by atoms with Gasteiger partial charge in [-0.05, 0) is 36.5 Å². The Balaban J connectivity index is 1.81. The number of hydrogen-bond donors (Lipinski definition) is 2. The van der Waals surface area contributed by atoms with E-state index in [1.54, 1.807) is 24.3 Å². The fourth-order valence-electron chi connectivity index (χ4n) is 2.16. The fourth-order valence-corrected chi connectivity index (χ4v) is 2.42. The number of carboxylic acids is 1. The number of amidine groups is 1. The van der Waals surface area contributed by atoms with Gasteiger partial charge in [-0.1, -0.05) is 30.3 Å². The quantitative estimate of drug-likeness (QED) is 0.853. The normalized spacial score (nSPS) is 14.3. The summed E-state index contributed by atoms with van der Waals surface area (Å²) in [6.45, 7) is 0.391. The Morgan fingerprint density at radius 2 is 1.82 bits per heavy atom. The molecule has 2 aromatic carbocycles. The van der Waals surface area contributed by atoms with Crippen molar-refractivity contribution in [3.8, 4) is 0 Å². The van der Waals surface area contributed by atoms with Crippen LogP contribution in [0.2, 0.25) is 0 Å². The summed E-state index contributed by atoms with van der Waals surface area (Å²) in [7, 11) is 0. The van der Waals surface area contributed by atoms with Crippen LogP contribution in [-0.4, -0.2) is 28.7 Å². The molecular formula is C16H13N3O2S. The Morgan fingerprint density at radius 3 is 2.41 bits per heavy atom. The maximum absolute atomic E-state index is 10.9. The SMILES string of the molecule is O=C(O)c1ccc(N2CN=C(c3ccccc3)NC2=S)cc1. The number of nitrogens with zero attached hydrogens (tertiary/aromatic N) is 2. The summed E-state index contributed by atoms with van der Waals surface area (Å²) < 4.78 is 0. The van der Waals surface area contributed by atoms with Crippen molar-refractivity contribution in [2.75, 3.05) is 11.6 Å². The maximum atomic E-state index is 10.9. The van der Waals surface area contributed by atoms with Crippen LogP contribution < -0.4 is 10.2 Å². The number of nitrogens with one attached hydrogen (secondary N) is 1. The number of aliphatic imine (C=N–C) groups is 1. The van der Waals surface area contributed by atoms with Crippen LogP contribution in [0.15, 0.2) is 59.6 Å². The standard InChI is InChI=1S/C16H13N3O2S/c20-15(21)12-6-8-13(9-7-12)19-10-17-14(18-16(19)22)11-4-2-1-3-5-11/h1-9H,10H2,(H,20,21)(H,17,18,22). The summed E-state index contributed by atoms with van der Waals surface area (Å²) in [6.07, 6.45) is 0. The molecule has 0 fully saturated rings. The zero-order valence-electron chi connectivity index (χ0n) is 11.6. The van der Waals surface area contributed by atoms with E-state index in [9.17, 15) is 4.79 Å². The molecule has 0 saturated heterocycles. The van der Waals surface area contributed by atoms with E-state index in [4.69, 9.17) is 17.3 Å². The molecule has 5 nitrogen and oxygen atoms in total. The van der Waals surface area contributed by atoms with E-state index in [-0.39, 0.29) is 5.56 Å². The van der Waals surface area contributed by atoms with Gasteiger partial charge >= 0.3 is 5.97 Å². The zero-order valence-corrected chi connectivity index (χ0v) is 12.4. The van der Waals surface area contributed by atoms with Crippen LogP contribution in [0.5, 0.6) is 0 Å². The first-order valence-electron chi connectivity index (χ1n) is 6.67. The van der Waals surface area contributed by atoms with Gasteiger partial charge in [0.05, 0.1) is 5.56 Å². The number of anilines is 1. The molecule has 0 atom stereocenters. The molecule has 0 aromatic heterocycles. The lowest BCUT2D eigenvalue weighted by Crippen LogP contribution is -2.47. The summed E-state index contributed by atoms with van der Waals surface area (Å²) in [4.78, 5) is 17.2. The molecular weight excluding hydrogens is 298 g/mol. The van der Waals surface area contributed by atoms with Crippen molar-refractivity contribution in [3.05, 3.63) is 65.7 Å². The maximum Gasteiger partial charge on any atom is 0.335 e. The third-order valence-corrected chi connectivity index (χ3v) is 3.64. The summed E-state index contributed by atoms with van der Waals surface area (Å²) in [5.74, 6) is -0.209. The van der Waals surface area contributed by atoms with Gasteiger partial charge in [0.2, 0.25) is 0 Å². The molecule has 6 heteroatoms. The van der Waals surface area contributed by atoms with Gasteiger partial charge in [-0.15, -0.1) is 0 Å². The van der Waals surface area contributed by atoms with Crippen molar-refractivity contribution < 1.29 is 9.90 Å². The highest BCUT2D eigenvalue weighted by Crippen LogP contribution is 2.18. The molecule has 0 amide bonds. The molecule has 1 aliphatic heterocycles. The van der Waals surface area contributed by atoms with Crippen LogP contribution in [0, 0.1) is 0 Å². The van der Waals surface area contributed by atoms with E-state index < -0.39 is 5.97 Å². The minimum atomic E-state index is -0.949. The first kappa shape index (κ1) is 14.2. The van der Waals surface area contributed by atoms with Gasteiger partial charge in [0.25, 0.3) is 0 Å². The summed E-state index contributed by atoms with van der Waals surface area (Å²) >= 11 is 5.39. The minimum Gasteiger partial charge on any atom is -0.478 e. The van der Waals surface area contributed by atoms with E-state index in [2.05, 4.69) is 10.3 Å². The number of aromatic carboxylic acids is 1. The molecule has 3 rings (SSSR count). The number of rotatable bonds is 3. The van der Waals surface area contributed by atoms with Crippen molar-refractivity contribution >= 4 is 34.8 Å². The van der Waals surface area contributed by atoms with Crippen molar-refractivity contribution in [2.24, 2.45) is 4.99 Å². The number of hydrogen-bond acceptors (Lipinski definition) is 3. The number of carboxylic acid groups (broad SMARTS) is 1. The molecule has 1 aliphatic rings. The van der Waals surface area contributed by atoms with Gasteiger partial charge < -0.3 is 10.4 Å². The van der Waals surface area contributed by atoms with Crippen molar-refractivity contribution in [1.82, 2.24) is 5.32 Å². The van der Waals surface area contributed by atoms with Crippen LogP contribution in [0.25, 0.3) is 0 Å². The third-order valence-electron chi connectivity index (χ3n) is 3.31. The highest BCUT2D eigenvalue weighted by atomic mass is 32.1. The van der Waals surface area contributed by atoms with Crippen molar-refractivity contribution in [1.29, 1.82) is 0 Å². The molecule has 110 valence electrons. The summed E-state index contributed by atoms with van der Waals surface area (Å²) in [5, 5.41) is 12.6. The topological polar surface area (TPSA) is 64.9 Å². The van der Waals surface area contributed by atoms with E-state index in [0.29, 0.717) is 11.8 Å². The molecule has 0 aliphatic carbocycles. The second-order valence-corrected chi connectivity index (χ2v) is 5.11. The lowest BCUT2D eigenvalue weighted by Gasteiger charge is -2.29. The van der Waals surface area contributed by atoms with Gasteiger partial charge in [0.1, 0.15) is 12.5 Å². The zero-order chi connectivity index (χ0) is 15.5. The molecule has 0 bridgehead atoms. The smallest absolute Gasteiger partial charge is 0.335 e. The van der Waals surface area contributed by atoms with E-state index in [1.807, 2.05) is 35.2 Å². The van der Waals surface area contributed by atoms with Crippen LogP contribution in [-0.2, 0) is 0 Å². The Labute approximate surface area is 132 Å². The minimum absolute atomic E-state index is 0.244. The molecule has 2 aromatic rings. The predicted molar refractivity (Wildman–Crippen MR) is 89.5 cm³/mol. The Bertz CT molecular complexity index is 742. The molecule has 1 heterocycles. The molecule has 2 N–H and O–H groups in total. The molecule has 0 unspecified atom stereocenters. The summed E-state index contributed by atoms with van der Waals surface area (Å²) in [5.41, 5.74) is 2.03. The van der Waals surface area contributed by atoms with Gasteiger partial charge in [0.15, 0.2) is 5.11 Å². The van der Waals surface area contributed by atoms with Gasteiger partial charge in [-0.25, -0.2) is 9.79 Å². The predicted octanol–water partition coefficient (Wildman–Crippen LogP) is 2.48. The fraction of sp³-hybridized carbons (Fsp3) is 0.0625. The highest BCUT2D eigenvalue weighted by Gasteiger charge is 2.19. The lowest BCUT2D eigenvalue weighted by atomic mass is 10.2. The second kappa shape index (κ2) is 5.95. The second-order valence-electron chi connectivity index (χ2n) is 4.72. The molecule has 0 saturated carbocycles. The molecule has 0 spiro atoms. The van der Waals surface area contributed by atoms with Gasteiger partial charge in [-0.2, -0.15) is 0 Å². The largest absolute Gasteiger partial charge is 0.478 e. The van der Waals surface area contributed by atoms with Crippen molar-refractivity contribution in [2.45, 2.75) is 0 Å². The van der Waals surface area contributed by atoms with Gasteiger partial charge in [-0.3, -0.25) is 4.90 Å². The van der Waals surface area contributed by atoms with Crippen LogP contribution in [0.4, 0.5) is 5.69 Å². The Kier molecular flexibility index (Phi) is 3.84. The van der Waals surface area contributed by atoms with Crippen LogP contribution in [0.3, 0.4) is 0 Å². The number of carbonyl (C=O) groups is 1. The average Bonchev–Trinajstić information content (AvgIpc) is 2.56. The first-order valence-corrected chi connectivity index (χ1v) is 7.08. The number of thiocarbonyl (C=S) groups is 1.